The quantitative estimate of drug-likeness (QED) is 0.604. The molecule has 0 saturated carbocycles. The van der Waals surface area contributed by atoms with E-state index in [-0.39, 0.29) is 10.8 Å². The third-order valence-corrected chi connectivity index (χ3v) is 2.00. The smallest absolute Gasteiger partial charge is 0.377 e. The maximum absolute atomic E-state index is 11.1. The van der Waals surface area contributed by atoms with Gasteiger partial charge in [0.05, 0.1) is 17.7 Å². The molecule has 0 unspecified atom stereocenters. The van der Waals surface area contributed by atoms with Gasteiger partial charge in [0, 0.05) is 6.07 Å². The van der Waals surface area contributed by atoms with Crippen molar-refractivity contribution in [2.24, 2.45) is 0 Å². The molecule has 0 fully saturated rings. The van der Waals surface area contributed by atoms with Crippen molar-refractivity contribution >= 4 is 23.4 Å². The predicted octanol–water partition coefficient (Wildman–Crippen LogP) is 1.32. The number of phenols is 1. The molecule has 0 heterocycles. The van der Waals surface area contributed by atoms with Gasteiger partial charge in [-0.3, -0.25) is 4.79 Å². The number of Topliss-reactive ketones (excluding diaryl/α,β-unsaturated/α-hetero) is 1. The van der Waals surface area contributed by atoms with Crippen molar-refractivity contribution in [2.45, 2.75) is 0 Å². The average Bonchev–Trinajstić information content (AvgIpc) is 2.20. The summed E-state index contributed by atoms with van der Waals surface area (Å²) in [7, 11) is 1.33. The minimum atomic E-state index is -1.67. The number of carbonyl (C=O) groups excluding carboxylic acids is 1. The molecule has 0 aliphatic rings. The van der Waals surface area contributed by atoms with Crippen LogP contribution in [0.25, 0.3) is 0 Å². The molecule has 1 aromatic rings. The Labute approximate surface area is 89.9 Å². The zero-order chi connectivity index (χ0) is 11.6. The number of carboxylic acid groups (broad SMARTS) is 1. The normalized spacial score (nSPS) is 9.73. The zero-order valence-corrected chi connectivity index (χ0v) is 8.41. The summed E-state index contributed by atoms with van der Waals surface area (Å²) >= 11 is 5.57. The molecule has 0 spiro atoms. The second-order valence-electron chi connectivity index (χ2n) is 2.64. The van der Waals surface area contributed by atoms with Crippen LogP contribution in [-0.4, -0.2) is 29.1 Å². The number of benzene rings is 1. The first kappa shape index (κ1) is 11.3. The first-order valence-corrected chi connectivity index (χ1v) is 4.19. The van der Waals surface area contributed by atoms with Crippen molar-refractivity contribution in [3.8, 4) is 11.5 Å². The van der Waals surface area contributed by atoms with Crippen molar-refractivity contribution in [1.29, 1.82) is 0 Å². The van der Waals surface area contributed by atoms with Gasteiger partial charge in [-0.15, -0.1) is 0 Å². The standard InChI is InChI=1S/C9H7ClO5/c1-15-4-2-5(8(12)9(13)14)7(11)6(10)3-4/h2-3,11H,1H3,(H,13,14). The third kappa shape index (κ3) is 2.19. The maximum Gasteiger partial charge on any atom is 0.377 e. The highest BCUT2D eigenvalue weighted by molar-refractivity contribution is 6.42. The van der Waals surface area contributed by atoms with Gasteiger partial charge in [-0.2, -0.15) is 0 Å². The summed E-state index contributed by atoms with van der Waals surface area (Å²) in [5, 5.41) is 17.7. The van der Waals surface area contributed by atoms with E-state index in [0.29, 0.717) is 0 Å². The van der Waals surface area contributed by atoms with Gasteiger partial charge in [0.25, 0.3) is 5.78 Å². The molecule has 5 nitrogen and oxygen atoms in total. The number of aromatic hydroxyl groups is 1. The number of carboxylic acids is 1. The highest BCUT2D eigenvalue weighted by Crippen LogP contribution is 2.32. The lowest BCUT2D eigenvalue weighted by atomic mass is 10.1. The number of carbonyl (C=O) groups is 2. The lowest BCUT2D eigenvalue weighted by molar-refractivity contribution is -0.131. The molecular formula is C9H7ClO5. The fourth-order valence-electron chi connectivity index (χ4n) is 0.980. The van der Waals surface area contributed by atoms with E-state index >= 15 is 0 Å². The molecule has 0 radical (unpaired) electrons. The molecule has 0 bridgehead atoms. The molecule has 1 rings (SSSR count). The lowest BCUT2D eigenvalue weighted by Gasteiger charge is -2.06. The summed E-state index contributed by atoms with van der Waals surface area (Å²) in [5.41, 5.74) is -0.396. The Kier molecular flexibility index (Phi) is 3.16. The monoisotopic (exact) mass is 230 g/mol. The van der Waals surface area contributed by atoms with Crippen LogP contribution in [0.3, 0.4) is 0 Å². The van der Waals surface area contributed by atoms with Gasteiger partial charge in [-0.05, 0) is 6.07 Å². The summed E-state index contributed by atoms with van der Waals surface area (Å²) in [4.78, 5) is 21.5. The number of halogens is 1. The third-order valence-electron chi connectivity index (χ3n) is 1.71. The van der Waals surface area contributed by atoms with Crippen LogP contribution in [0.15, 0.2) is 12.1 Å². The van der Waals surface area contributed by atoms with E-state index in [1.54, 1.807) is 0 Å². The highest BCUT2D eigenvalue weighted by Gasteiger charge is 2.21. The molecular weight excluding hydrogens is 224 g/mol. The molecule has 6 heteroatoms. The molecule has 0 saturated heterocycles. The Morgan fingerprint density at radius 3 is 2.47 bits per heavy atom. The minimum absolute atomic E-state index is 0.140. The Hall–Kier alpha value is -1.75. The largest absolute Gasteiger partial charge is 0.506 e. The molecule has 0 aliphatic carbocycles. The van der Waals surface area contributed by atoms with Crippen LogP contribution in [0.1, 0.15) is 10.4 Å². The fourth-order valence-corrected chi connectivity index (χ4v) is 1.19. The summed E-state index contributed by atoms with van der Waals surface area (Å²) < 4.78 is 4.78. The Morgan fingerprint density at radius 1 is 1.40 bits per heavy atom. The van der Waals surface area contributed by atoms with Crippen molar-refractivity contribution in [3.05, 3.63) is 22.7 Å². The van der Waals surface area contributed by atoms with Crippen molar-refractivity contribution in [1.82, 2.24) is 0 Å². The van der Waals surface area contributed by atoms with Gasteiger partial charge in [-0.1, -0.05) is 11.6 Å². The Morgan fingerprint density at radius 2 is 2.00 bits per heavy atom. The summed E-state index contributed by atoms with van der Waals surface area (Å²) in [5.74, 6) is -3.28. The summed E-state index contributed by atoms with van der Waals surface area (Å²) in [6.45, 7) is 0. The van der Waals surface area contributed by atoms with E-state index < -0.39 is 23.1 Å². The topological polar surface area (TPSA) is 83.8 Å². The van der Waals surface area contributed by atoms with Gasteiger partial charge >= 0.3 is 5.97 Å². The van der Waals surface area contributed by atoms with E-state index in [4.69, 9.17) is 21.4 Å². The van der Waals surface area contributed by atoms with Gasteiger partial charge in [0.2, 0.25) is 0 Å². The van der Waals surface area contributed by atoms with E-state index in [2.05, 4.69) is 0 Å². The SMILES string of the molecule is COc1cc(Cl)c(O)c(C(=O)C(=O)O)c1. The number of aliphatic carboxylic acids is 1. The molecule has 0 atom stereocenters. The van der Waals surface area contributed by atoms with E-state index in [1.165, 1.54) is 13.2 Å². The Balaban J connectivity index is 3.34. The number of methoxy groups -OCH3 is 1. The first-order valence-electron chi connectivity index (χ1n) is 3.81. The maximum atomic E-state index is 11.1. The molecule has 80 valence electrons. The molecule has 0 aliphatic heterocycles. The average molecular weight is 231 g/mol. The van der Waals surface area contributed by atoms with Gasteiger partial charge < -0.3 is 14.9 Å². The number of phenolic OH excluding ortho intramolecular Hbond substituents is 1. The fraction of sp³-hybridized carbons (Fsp3) is 0.111. The van der Waals surface area contributed by atoms with Crippen LogP contribution in [-0.2, 0) is 4.79 Å². The molecule has 0 aromatic heterocycles. The van der Waals surface area contributed by atoms with Gasteiger partial charge in [-0.25, -0.2) is 4.79 Å². The van der Waals surface area contributed by atoms with E-state index in [1.807, 2.05) is 0 Å². The van der Waals surface area contributed by atoms with Crippen LogP contribution in [0.5, 0.6) is 11.5 Å². The van der Waals surface area contributed by atoms with E-state index in [9.17, 15) is 14.7 Å². The lowest BCUT2D eigenvalue weighted by Crippen LogP contribution is -2.13. The van der Waals surface area contributed by atoms with Crippen LogP contribution in [0.2, 0.25) is 5.02 Å². The molecule has 1 aromatic carbocycles. The van der Waals surface area contributed by atoms with Gasteiger partial charge in [0.1, 0.15) is 11.5 Å². The highest BCUT2D eigenvalue weighted by atomic mass is 35.5. The van der Waals surface area contributed by atoms with Crippen LogP contribution < -0.4 is 4.74 Å². The van der Waals surface area contributed by atoms with Crippen molar-refractivity contribution in [3.63, 3.8) is 0 Å². The van der Waals surface area contributed by atoms with Crippen molar-refractivity contribution < 1.29 is 24.5 Å². The minimum Gasteiger partial charge on any atom is -0.506 e. The van der Waals surface area contributed by atoms with E-state index in [0.717, 1.165) is 6.07 Å². The number of hydrogen-bond donors (Lipinski definition) is 2. The summed E-state index contributed by atoms with van der Waals surface area (Å²) in [6, 6.07) is 2.38. The van der Waals surface area contributed by atoms with Crippen LogP contribution in [0.4, 0.5) is 0 Å². The number of rotatable bonds is 3. The number of ketones is 1. The Bertz CT molecular complexity index is 427. The van der Waals surface area contributed by atoms with Crippen molar-refractivity contribution in [2.75, 3.05) is 7.11 Å². The van der Waals surface area contributed by atoms with Gasteiger partial charge in [0.15, 0.2) is 0 Å². The second kappa shape index (κ2) is 4.18. The van der Waals surface area contributed by atoms with Crippen LogP contribution in [0, 0.1) is 0 Å². The van der Waals surface area contributed by atoms with Crippen LogP contribution >= 0.6 is 11.6 Å². The second-order valence-corrected chi connectivity index (χ2v) is 3.05. The number of ether oxygens (including phenoxy) is 1. The molecule has 2 N–H and O–H groups in total. The molecule has 15 heavy (non-hydrogen) atoms. The molecule has 0 amide bonds. The summed E-state index contributed by atoms with van der Waals surface area (Å²) in [6.07, 6.45) is 0. The first-order chi connectivity index (χ1) is 6.97. The predicted molar refractivity (Wildman–Crippen MR) is 51.6 cm³/mol. The zero-order valence-electron chi connectivity index (χ0n) is 7.65. The number of hydrogen-bond acceptors (Lipinski definition) is 4.